The summed E-state index contributed by atoms with van der Waals surface area (Å²) in [7, 11) is 0. The Labute approximate surface area is 213 Å². The molecule has 3 aliphatic rings. The smallest absolute Gasteiger partial charge is 0.403 e. The van der Waals surface area contributed by atoms with Crippen LogP contribution in [0.3, 0.4) is 0 Å². The number of alkyl halides is 6. The molecule has 3 aliphatic heterocycles. The molecule has 2 atom stereocenters. The molecule has 37 heavy (non-hydrogen) atoms. The van der Waals surface area contributed by atoms with Crippen LogP contribution < -0.4 is 15.0 Å². The van der Waals surface area contributed by atoms with Crippen LogP contribution in [-0.4, -0.2) is 90.0 Å². The number of nitrogens with zero attached hydrogens (tertiary/aromatic N) is 4. The zero-order valence-corrected chi connectivity index (χ0v) is 20.4. The first-order chi connectivity index (χ1) is 17.5. The lowest BCUT2D eigenvalue weighted by Gasteiger charge is -2.39. The quantitative estimate of drug-likeness (QED) is 0.586. The highest BCUT2D eigenvalue weighted by molar-refractivity contribution is 7.99. The Morgan fingerprint density at radius 1 is 1.08 bits per heavy atom. The molecule has 7 nitrogen and oxygen atoms in total. The minimum atomic E-state index is -5.07. The van der Waals surface area contributed by atoms with Crippen molar-refractivity contribution in [3.05, 3.63) is 30.0 Å². The number of hydrogen-bond acceptors (Lipinski definition) is 7. The number of rotatable bonds is 4. The van der Waals surface area contributed by atoms with Crippen LogP contribution in [-0.2, 0) is 11.0 Å². The van der Waals surface area contributed by atoms with E-state index < -0.39 is 29.5 Å². The molecule has 3 saturated heterocycles. The maximum Gasteiger partial charge on any atom is 0.573 e. The molecule has 0 aliphatic carbocycles. The second kappa shape index (κ2) is 10.0. The van der Waals surface area contributed by atoms with Gasteiger partial charge in [0.25, 0.3) is 0 Å². The molecule has 14 heteroatoms. The Morgan fingerprint density at radius 3 is 2.49 bits per heavy atom. The van der Waals surface area contributed by atoms with E-state index >= 15 is 0 Å². The minimum Gasteiger partial charge on any atom is -0.403 e. The number of fused-ring (bicyclic) bond motifs is 1. The van der Waals surface area contributed by atoms with E-state index in [0.717, 1.165) is 24.4 Å². The van der Waals surface area contributed by atoms with Crippen molar-refractivity contribution in [3.8, 4) is 5.75 Å². The van der Waals surface area contributed by atoms with Crippen molar-refractivity contribution >= 4 is 34.3 Å². The van der Waals surface area contributed by atoms with Gasteiger partial charge in [0.15, 0.2) is 5.75 Å². The second-order valence-corrected chi connectivity index (χ2v) is 10.3. The Balaban J connectivity index is 1.33. The molecule has 0 saturated carbocycles. The van der Waals surface area contributed by atoms with E-state index in [9.17, 15) is 31.1 Å². The second-order valence-electron chi connectivity index (χ2n) is 9.24. The van der Waals surface area contributed by atoms with E-state index in [4.69, 9.17) is 0 Å². The van der Waals surface area contributed by atoms with Gasteiger partial charge < -0.3 is 19.9 Å². The number of pyridine rings is 1. The summed E-state index contributed by atoms with van der Waals surface area (Å²) in [5.41, 5.74) is -1.61. The van der Waals surface area contributed by atoms with Crippen LogP contribution in [0.4, 0.5) is 32.0 Å². The van der Waals surface area contributed by atoms with Gasteiger partial charge in [-0.2, -0.15) is 13.2 Å². The third kappa shape index (κ3) is 5.70. The molecule has 202 valence electrons. The van der Waals surface area contributed by atoms with Gasteiger partial charge in [-0.3, -0.25) is 9.69 Å². The Hall–Kier alpha value is -2.45. The van der Waals surface area contributed by atoms with Crippen LogP contribution in [0.1, 0.15) is 12.1 Å². The third-order valence-corrected chi connectivity index (χ3v) is 7.90. The number of amides is 1. The van der Waals surface area contributed by atoms with E-state index in [0.29, 0.717) is 45.0 Å². The summed E-state index contributed by atoms with van der Waals surface area (Å²) < 4.78 is 83.5. The Kier molecular flexibility index (Phi) is 7.09. The van der Waals surface area contributed by atoms with Crippen molar-refractivity contribution in [1.29, 1.82) is 0 Å². The minimum absolute atomic E-state index is 0.103. The number of piperazine rings is 1. The fourth-order valence-electron chi connectivity index (χ4n) is 5.14. The number of benzene rings is 1. The maximum atomic E-state index is 13.6. The average molecular weight is 550 g/mol. The number of carbonyl (C=O) groups is 1. The number of hydrogen-bond donors (Lipinski definition) is 1. The van der Waals surface area contributed by atoms with Crippen molar-refractivity contribution in [2.75, 3.05) is 55.8 Å². The van der Waals surface area contributed by atoms with Crippen molar-refractivity contribution < 1.29 is 35.9 Å². The standard InChI is InChI=1S/C23H25F6N5O2S/c24-22(25,26)19-11-17(15-2-1-3-18(20(15)31-19)36-23(27,28)29)33-6-4-32(5-7-33)14-10-16(30-12-14)21(35)34-8-9-37-13-34/h1-3,11,14,16,30H,4-10,12-13H2/t14-,16-/m0/s1. The summed E-state index contributed by atoms with van der Waals surface area (Å²) in [6, 6.07) is 4.47. The maximum absolute atomic E-state index is 13.6. The molecule has 0 radical (unpaired) electrons. The molecular formula is C23H25F6N5O2S. The van der Waals surface area contributed by atoms with E-state index in [-0.39, 0.29) is 29.1 Å². The van der Waals surface area contributed by atoms with Crippen molar-refractivity contribution in [2.24, 2.45) is 0 Å². The van der Waals surface area contributed by atoms with Crippen molar-refractivity contribution in [3.63, 3.8) is 0 Å². The van der Waals surface area contributed by atoms with Crippen LogP contribution in [0.2, 0.25) is 0 Å². The highest BCUT2D eigenvalue weighted by atomic mass is 32.2. The van der Waals surface area contributed by atoms with E-state index in [1.807, 2.05) is 4.90 Å². The van der Waals surface area contributed by atoms with Crippen molar-refractivity contribution in [2.45, 2.75) is 31.0 Å². The van der Waals surface area contributed by atoms with Crippen molar-refractivity contribution in [1.82, 2.24) is 20.1 Å². The van der Waals surface area contributed by atoms with Gasteiger partial charge in [-0.25, -0.2) is 4.98 Å². The number of para-hydroxylation sites is 1. The number of halogens is 6. The molecule has 1 aromatic heterocycles. The van der Waals surface area contributed by atoms with Gasteiger partial charge in [-0.05, 0) is 18.6 Å². The Bertz CT molecular complexity index is 1150. The topological polar surface area (TPSA) is 60.9 Å². The normalized spacial score (nSPS) is 23.7. The molecule has 4 heterocycles. The molecule has 5 rings (SSSR count). The molecule has 2 aromatic rings. The van der Waals surface area contributed by atoms with Gasteiger partial charge in [-0.1, -0.05) is 12.1 Å². The van der Waals surface area contributed by atoms with Crippen LogP contribution >= 0.6 is 11.8 Å². The van der Waals surface area contributed by atoms with E-state index in [1.165, 1.54) is 12.1 Å². The summed E-state index contributed by atoms with van der Waals surface area (Å²) >= 11 is 1.73. The zero-order valence-electron chi connectivity index (χ0n) is 19.6. The molecule has 0 spiro atoms. The van der Waals surface area contributed by atoms with Crippen LogP contribution in [0.25, 0.3) is 10.9 Å². The van der Waals surface area contributed by atoms with E-state index in [2.05, 4.69) is 19.9 Å². The van der Waals surface area contributed by atoms with Crippen LogP contribution in [0.5, 0.6) is 5.75 Å². The predicted octanol–water partition coefficient (Wildman–Crippen LogP) is 3.54. The third-order valence-electron chi connectivity index (χ3n) is 6.94. The molecule has 1 amide bonds. The SMILES string of the molecule is O=C([C@@H]1C[C@H](N2CCN(c3cc(C(F)(F)F)nc4c(OC(F)(F)F)cccc34)CC2)CN1)N1CCSC1. The van der Waals surface area contributed by atoms with Gasteiger partial charge in [0, 0.05) is 62.1 Å². The zero-order chi connectivity index (χ0) is 26.4. The number of ether oxygens (including phenoxy) is 1. The number of anilines is 1. The fourth-order valence-corrected chi connectivity index (χ4v) is 6.09. The first kappa shape index (κ1) is 26.2. The van der Waals surface area contributed by atoms with Crippen LogP contribution in [0, 0.1) is 0 Å². The summed E-state index contributed by atoms with van der Waals surface area (Å²) in [6.45, 7) is 3.22. The molecule has 3 fully saturated rings. The van der Waals surface area contributed by atoms with E-state index in [1.54, 1.807) is 16.7 Å². The molecule has 1 aromatic carbocycles. The highest BCUT2D eigenvalue weighted by Crippen LogP contribution is 2.39. The van der Waals surface area contributed by atoms with Gasteiger partial charge in [0.05, 0.1) is 11.9 Å². The Morgan fingerprint density at radius 2 is 1.84 bits per heavy atom. The van der Waals surface area contributed by atoms with Gasteiger partial charge >= 0.3 is 12.5 Å². The predicted molar refractivity (Wildman–Crippen MR) is 126 cm³/mol. The number of nitrogens with one attached hydrogen (secondary N) is 1. The summed E-state index contributed by atoms with van der Waals surface area (Å²) in [5.74, 6) is 0.967. The first-order valence-corrected chi connectivity index (χ1v) is 13.0. The first-order valence-electron chi connectivity index (χ1n) is 11.9. The summed E-state index contributed by atoms with van der Waals surface area (Å²) in [4.78, 5) is 22.0. The van der Waals surface area contributed by atoms with Gasteiger partial charge in [0.1, 0.15) is 11.2 Å². The molecule has 1 N–H and O–H groups in total. The molecular weight excluding hydrogens is 524 g/mol. The highest BCUT2D eigenvalue weighted by Gasteiger charge is 2.39. The molecule has 0 unspecified atom stereocenters. The molecule has 0 bridgehead atoms. The number of carbonyl (C=O) groups excluding carboxylic acids is 1. The summed E-state index contributed by atoms with van der Waals surface area (Å²) in [5, 5.41) is 3.45. The summed E-state index contributed by atoms with van der Waals surface area (Å²) in [6.07, 6.45) is -9.26. The lowest BCUT2D eigenvalue weighted by atomic mass is 10.1. The van der Waals surface area contributed by atoms with Gasteiger partial charge in [-0.15, -0.1) is 24.9 Å². The monoisotopic (exact) mass is 549 g/mol. The lowest BCUT2D eigenvalue weighted by Crippen LogP contribution is -2.51. The lowest BCUT2D eigenvalue weighted by molar-refractivity contribution is -0.274. The average Bonchev–Trinajstić information content (AvgIpc) is 3.55. The fraction of sp³-hybridized carbons (Fsp3) is 0.565. The van der Waals surface area contributed by atoms with Gasteiger partial charge in [0.2, 0.25) is 5.91 Å². The largest absolute Gasteiger partial charge is 0.573 e. The number of thioether (sulfide) groups is 1. The number of aromatic nitrogens is 1. The van der Waals surface area contributed by atoms with Crippen LogP contribution in [0.15, 0.2) is 24.3 Å².